The first-order chi connectivity index (χ1) is 10.7. The molecule has 0 aliphatic rings. The number of benzene rings is 2. The van der Waals surface area contributed by atoms with Gasteiger partial charge >= 0.3 is 0 Å². The molecule has 2 aromatic rings. The van der Waals surface area contributed by atoms with E-state index in [9.17, 15) is 0 Å². The van der Waals surface area contributed by atoms with E-state index >= 15 is 0 Å². The first kappa shape index (κ1) is 15.8. The number of aliphatic imine (C=N–C) groups is 2. The summed E-state index contributed by atoms with van der Waals surface area (Å²) in [5.74, 6) is 1.48. The van der Waals surface area contributed by atoms with Gasteiger partial charge < -0.3 is 9.47 Å². The molecule has 0 bridgehead atoms. The molecule has 0 aliphatic heterocycles. The summed E-state index contributed by atoms with van der Waals surface area (Å²) in [6.45, 7) is 1.86. The fourth-order valence-electron chi connectivity index (χ4n) is 2.05. The van der Waals surface area contributed by atoms with Crippen molar-refractivity contribution < 1.29 is 9.47 Å². The normalized spacial score (nSPS) is 12.7. The van der Waals surface area contributed by atoms with Gasteiger partial charge in [-0.15, -0.1) is 0 Å². The highest BCUT2D eigenvalue weighted by Crippen LogP contribution is 2.21. The first-order valence-electron chi connectivity index (χ1n) is 7.10. The van der Waals surface area contributed by atoms with Crippen LogP contribution in [0.25, 0.3) is 0 Å². The molecule has 0 heterocycles. The van der Waals surface area contributed by atoms with Crippen LogP contribution in [0, 0.1) is 0 Å². The van der Waals surface area contributed by atoms with Crippen LogP contribution in [0.5, 0.6) is 11.5 Å². The fraction of sp³-hybridized carbons (Fsp3) is 0.222. The van der Waals surface area contributed by atoms with Gasteiger partial charge in [0.15, 0.2) is 0 Å². The van der Waals surface area contributed by atoms with Gasteiger partial charge in [-0.3, -0.25) is 9.98 Å². The molecule has 0 atom stereocenters. The van der Waals surface area contributed by atoms with Crippen molar-refractivity contribution in [3.63, 3.8) is 0 Å². The molecule has 22 heavy (non-hydrogen) atoms. The van der Waals surface area contributed by atoms with Gasteiger partial charge in [-0.25, -0.2) is 0 Å². The van der Waals surface area contributed by atoms with E-state index in [4.69, 9.17) is 9.47 Å². The highest BCUT2D eigenvalue weighted by atomic mass is 16.7. The third kappa shape index (κ3) is 4.19. The molecule has 0 aliphatic carbocycles. The second-order valence-corrected chi connectivity index (χ2v) is 4.65. The molecule has 0 radical (unpaired) electrons. The Kier molecular flexibility index (Phi) is 5.72. The topological polar surface area (TPSA) is 43.2 Å². The molecular weight excluding hydrogens is 276 g/mol. The Bertz CT molecular complexity index is 608. The zero-order valence-corrected chi connectivity index (χ0v) is 13.1. The Hall–Kier alpha value is -2.62. The number of hydrogen-bond donors (Lipinski definition) is 0. The summed E-state index contributed by atoms with van der Waals surface area (Å²) < 4.78 is 11.8. The Morgan fingerprint density at radius 2 is 1.18 bits per heavy atom. The lowest BCUT2D eigenvalue weighted by atomic mass is 10.2. The zero-order chi connectivity index (χ0) is 15.8. The van der Waals surface area contributed by atoms with Gasteiger partial charge in [-0.2, -0.15) is 0 Å². The van der Waals surface area contributed by atoms with Gasteiger partial charge in [-0.05, 0) is 24.3 Å². The molecule has 0 fully saturated rings. The third-order valence-electron chi connectivity index (χ3n) is 2.96. The van der Waals surface area contributed by atoms with E-state index in [1.165, 1.54) is 0 Å². The van der Waals surface area contributed by atoms with Crippen LogP contribution in [0.3, 0.4) is 0 Å². The number of hydrogen-bond acceptors (Lipinski definition) is 4. The maximum atomic E-state index is 5.88. The standard InChI is InChI=1S/C18H20N2O2/c1-14(21-17-10-6-4-8-15(17)12-19-2)22-18-11-7-5-9-16(18)13-20-3/h4-14H,1-3H3. The molecule has 0 amide bonds. The van der Waals surface area contributed by atoms with Crippen molar-refractivity contribution in [3.05, 3.63) is 59.7 Å². The van der Waals surface area contributed by atoms with E-state index in [0.29, 0.717) is 0 Å². The Labute approximate surface area is 131 Å². The van der Waals surface area contributed by atoms with Crippen LogP contribution in [-0.4, -0.2) is 32.8 Å². The lowest BCUT2D eigenvalue weighted by Crippen LogP contribution is -2.21. The van der Waals surface area contributed by atoms with Crippen molar-refractivity contribution in [2.24, 2.45) is 9.98 Å². The van der Waals surface area contributed by atoms with Crippen LogP contribution in [0.2, 0.25) is 0 Å². The smallest absolute Gasteiger partial charge is 0.238 e. The van der Waals surface area contributed by atoms with Crippen molar-refractivity contribution in [1.82, 2.24) is 0 Å². The van der Waals surface area contributed by atoms with Gasteiger partial charge in [0.2, 0.25) is 6.29 Å². The SMILES string of the molecule is CN=Cc1ccccc1OC(C)Oc1ccccc1C=NC. The molecule has 114 valence electrons. The number of para-hydroxylation sites is 2. The van der Waals surface area contributed by atoms with Gasteiger partial charge in [0.1, 0.15) is 11.5 Å². The monoisotopic (exact) mass is 296 g/mol. The fourth-order valence-corrected chi connectivity index (χ4v) is 2.05. The van der Waals surface area contributed by atoms with E-state index in [-0.39, 0.29) is 0 Å². The summed E-state index contributed by atoms with van der Waals surface area (Å²) in [5, 5.41) is 0. The molecule has 0 saturated heterocycles. The molecular formula is C18H20N2O2. The Balaban J connectivity index is 2.12. The molecule has 0 aromatic heterocycles. The lowest BCUT2D eigenvalue weighted by molar-refractivity contribution is 0.0221. The number of nitrogens with zero attached hydrogens (tertiary/aromatic N) is 2. The first-order valence-corrected chi connectivity index (χ1v) is 7.10. The molecule has 4 nitrogen and oxygen atoms in total. The predicted octanol–water partition coefficient (Wildman–Crippen LogP) is 3.59. The van der Waals surface area contributed by atoms with Gasteiger partial charge in [0, 0.05) is 44.6 Å². The van der Waals surface area contributed by atoms with Crippen LogP contribution in [0.4, 0.5) is 0 Å². The van der Waals surface area contributed by atoms with Crippen LogP contribution in [0.15, 0.2) is 58.5 Å². The molecule has 2 rings (SSSR count). The van der Waals surface area contributed by atoms with Crippen molar-refractivity contribution >= 4 is 12.4 Å². The number of ether oxygens (including phenoxy) is 2. The van der Waals surface area contributed by atoms with E-state index in [1.807, 2.05) is 55.5 Å². The lowest BCUT2D eigenvalue weighted by Gasteiger charge is -2.18. The van der Waals surface area contributed by atoms with Gasteiger partial charge in [-0.1, -0.05) is 24.3 Å². The molecule has 0 saturated carbocycles. The largest absolute Gasteiger partial charge is 0.455 e. The van der Waals surface area contributed by atoms with Crippen LogP contribution >= 0.6 is 0 Å². The molecule has 2 aromatic carbocycles. The minimum absolute atomic E-state index is 0.433. The average molecular weight is 296 g/mol. The second kappa shape index (κ2) is 7.98. The summed E-state index contributed by atoms with van der Waals surface area (Å²) in [5.41, 5.74) is 1.84. The Morgan fingerprint density at radius 1 is 0.773 bits per heavy atom. The minimum Gasteiger partial charge on any atom is -0.455 e. The van der Waals surface area contributed by atoms with Crippen LogP contribution < -0.4 is 9.47 Å². The minimum atomic E-state index is -0.433. The van der Waals surface area contributed by atoms with Gasteiger partial charge in [0.05, 0.1) is 0 Å². The molecule has 0 spiro atoms. The van der Waals surface area contributed by atoms with E-state index in [0.717, 1.165) is 22.6 Å². The molecule has 0 N–H and O–H groups in total. The summed E-state index contributed by atoms with van der Waals surface area (Å²) in [6, 6.07) is 15.4. The van der Waals surface area contributed by atoms with Crippen LogP contribution in [-0.2, 0) is 0 Å². The average Bonchev–Trinajstić information content (AvgIpc) is 2.52. The maximum Gasteiger partial charge on any atom is 0.238 e. The van der Waals surface area contributed by atoms with E-state index in [1.54, 1.807) is 26.5 Å². The zero-order valence-electron chi connectivity index (χ0n) is 13.1. The van der Waals surface area contributed by atoms with E-state index in [2.05, 4.69) is 9.98 Å². The van der Waals surface area contributed by atoms with Crippen LogP contribution in [0.1, 0.15) is 18.1 Å². The van der Waals surface area contributed by atoms with Crippen molar-refractivity contribution in [2.45, 2.75) is 13.2 Å². The number of rotatable bonds is 6. The second-order valence-electron chi connectivity index (χ2n) is 4.65. The molecule has 0 unspecified atom stereocenters. The summed E-state index contributed by atoms with van der Waals surface area (Å²) in [4.78, 5) is 8.07. The van der Waals surface area contributed by atoms with Crippen molar-refractivity contribution in [3.8, 4) is 11.5 Å². The van der Waals surface area contributed by atoms with Crippen molar-refractivity contribution in [1.29, 1.82) is 0 Å². The Morgan fingerprint density at radius 3 is 1.59 bits per heavy atom. The maximum absolute atomic E-state index is 5.88. The quantitative estimate of drug-likeness (QED) is 0.604. The highest BCUT2D eigenvalue weighted by Gasteiger charge is 2.10. The van der Waals surface area contributed by atoms with E-state index < -0.39 is 6.29 Å². The molecule has 4 heteroatoms. The highest BCUT2D eigenvalue weighted by molar-refractivity contribution is 5.84. The summed E-state index contributed by atoms with van der Waals surface area (Å²) in [7, 11) is 3.47. The van der Waals surface area contributed by atoms with Crippen molar-refractivity contribution in [2.75, 3.05) is 14.1 Å². The van der Waals surface area contributed by atoms with Gasteiger partial charge in [0.25, 0.3) is 0 Å². The summed E-state index contributed by atoms with van der Waals surface area (Å²) in [6.07, 6.45) is 3.09. The third-order valence-corrected chi connectivity index (χ3v) is 2.96. The summed E-state index contributed by atoms with van der Waals surface area (Å²) >= 11 is 0. The predicted molar refractivity (Wildman–Crippen MR) is 90.6 cm³/mol.